The average molecular weight is 737 g/mol. The first kappa shape index (κ1) is 37.1. The Kier molecular flexibility index (Phi) is 10.6. The number of hydrogen-bond donors (Lipinski definition) is 0. The van der Waals surface area contributed by atoms with Crippen molar-refractivity contribution in [1.82, 2.24) is 0 Å². The van der Waals surface area contributed by atoms with E-state index in [4.69, 9.17) is 47.4 Å². The number of alkyl halides is 1. The van der Waals surface area contributed by atoms with Crippen LogP contribution in [0, 0.1) is 0 Å². The van der Waals surface area contributed by atoms with Gasteiger partial charge in [-0.1, -0.05) is 54.6 Å². The van der Waals surface area contributed by atoms with E-state index in [0.717, 1.165) is 0 Å². The number of ether oxygens (including phenoxy) is 10. The molecule has 14 heteroatoms. The first-order chi connectivity index (χ1) is 25.4. The van der Waals surface area contributed by atoms with Crippen molar-refractivity contribution in [3.8, 4) is 0 Å². The van der Waals surface area contributed by atoms with Crippen LogP contribution in [-0.4, -0.2) is 104 Å². The van der Waals surface area contributed by atoms with Gasteiger partial charge < -0.3 is 47.4 Å². The summed E-state index contributed by atoms with van der Waals surface area (Å²) in [5, 5.41) is 0. The van der Waals surface area contributed by atoms with Crippen molar-refractivity contribution in [2.24, 2.45) is 0 Å². The third kappa shape index (κ3) is 8.29. The summed E-state index contributed by atoms with van der Waals surface area (Å²) in [6.07, 6.45) is -12.2. The molecule has 4 heterocycles. The van der Waals surface area contributed by atoms with Crippen LogP contribution < -0.4 is 0 Å². The highest BCUT2D eigenvalue weighted by molar-refractivity contribution is 5.91. The molecule has 0 bridgehead atoms. The van der Waals surface area contributed by atoms with Crippen LogP contribution in [0.15, 0.2) is 91.0 Å². The number of carbonyl (C=O) groups excluding carboxylic acids is 3. The SMILES string of the molecule is CC1(C)O[C@H]2[C@@H](O1)[C@@H](CO[C@@H]1O[C@H](COC(=O)c3ccccc3)[C@@H](OC(=O)c3ccccc3)[C@H](OC(=O)c3ccccc3)[C@H]1F)O[C@@H]1OC(C)(C)O[C@@H]12. The second-order valence-electron chi connectivity index (χ2n) is 14.0. The van der Waals surface area contributed by atoms with Gasteiger partial charge in [-0.15, -0.1) is 0 Å². The smallest absolute Gasteiger partial charge is 0.338 e. The lowest BCUT2D eigenvalue weighted by Gasteiger charge is -2.43. The van der Waals surface area contributed by atoms with E-state index >= 15 is 4.39 Å². The molecule has 10 atom stereocenters. The zero-order valence-corrected chi connectivity index (χ0v) is 29.5. The van der Waals surface area contributed by atoms with Gasteiger partial charge in [0.05, 0.1) is 23.3 Å². The minimum atomic E-state index is -2.20. The summed E-state index contributed by atoms with van der Waals surface area (Å²) < 4.78 is 76.8. The van der Waals surface area contributed by atoms with Crippen LogP contribution in [0.25, 0.3) is 0 Å². The molecule has 0 aromatic heterocycles. The predicted octanol–water partition coefficient (Wildman–Crippen LogP) is 4.77. The molecule has 0 radical (unpaired) electrons. The first-order valence-corrected chi connectivity index (χ1v) is 17.4. The molecule has 0 unspecified atom stereocenters. The van der Waals surface area contributed by atoms with Gasteiger partial charge in [0.2, 0.25) is 0 Å². The molecule has 0 amide bonds. The Morgan fingerprint density at radius 2 is 1.08 bits per heavy atom. The lowest BCUT2D eigenvalue weighted by Crippen LogP contribution is -2.61. The third-order valence-corrected chi connectivity index (χ3v) is 9.14. The van der Waals surface area contributed by atoms with E-state index in [1.807, 2.05) is 0 Å². The largest absolute Gasteiger partial charge is 0.459 e. The molecule has 53 heavy (non-hydrogen) atoms. The fourth-order valence-electron chi connectivity index (χ4n) is 6.78. The van der Waals surface area contributed by atoms with Gasteiger partial charge in [-0.2, -0.15) is 0 Å². The molecule has 13 nitrogen and oxygen atoms in total. The molecule has 0 saturated carbocycles. The number of esters is 3. The van der Waals surface area contributed by atoms with Gasteiger partial charge in [0.15, 0.2) is 42.5 Å². The quantitative estimate of drug-likeness (QED) is 0.209. The van der Waals surface area contributed by atoms with Crippen molar-refractivity contribution in [2.45, 2.75) is 101 Å². The second kappa shape index (κ2) is 15.2. The molecule has 0 spiro atoms. The van der Waals surface area contributed by atoms with Crippen LogP contribution in [0.1, 0.15) is 58.8 Å². The Bertz CT molecular complexity index is 1740. The average Bonchev–Trinajstić information content (AvgIpc) is 3.66. The maximum absolute atomic E-state index is 16.8. The predicted molar refractivity (Wildman–Crippen MR) is 180 cm³/mol. The summed E-state index contributed by atoms with van der Waals surface area (Å²) in [6, 6.07) is 24.1. The summed E-state index contributed by atoms with van der Waals surface area (Å²) >= 11 is 0. The molecule has 4 fully saturated rings. The summed E-state index contributed by atoms with van der Waals surface area (Å²) in [5.74, 6) is -4.39. The Labute approximate surface area is 305 Å². The van der Waals surface area contributed by atoms with Gasteiger partial charge in [-0.25, -0.2) is 18.8 Å². The summed E-state index contributed by atoms with van der Waals surface area (Å²) in [4.78, 5) is 39.8. The lowest BCUT2D eigenvalue weighted by atomic mass is 9.98. The van der Waals surface area contributed by atoms with Crippen LogP contribution in [0.3, 0.4) is 0 Å². The van der Waals surface area contributed by atoms with Crippen molar-refractivity contribution >= 4 is 17.9 Å². The Hall–Kier alpha value is -4.28. The molecule has 4 aliphatic heterocycles. The second-order valence-corrected chi connectivity index (χ2v) is 14.0. The highest BCUT2D eigenvalue weighted by atomic mass is 19.1. The van der Waals surface area contributed by atoms with E-state index < -0.39 is 97.6 Å². The van der Waals surface area contributed by atoms with E-state index in [0.29, 0.717) is 0 Å². The van der Waals surface area contributed by atoms with E-state index in [-0.39, 0.29) is 23.3 Å². The van der Waals surface area contributed by atoms with Gasteiger partial charge in [0.1, 0.15) is 37.1 Å². The minimum Gasteiger partial charge on any atom is -0.459 e. The summed E-state index contributed by atoms with van der Waals surface area (Å²) in [7, 11) is 0. The number of hydrogen-bond acceptors (Lipinski definition) is 13. The van der Waals surface area contributed by atoms with Crippen LogP contribution >= 0.6 is 0 Å². The zero-order valence-electron chi connectivity index (χ0n) is 29.5. The molecule has 3 aromatic carbocycles. The number of fused-ring (bicyclic) bond motifs is 3. The Balaban J connectivity index is 1.16. The summed E-state index contributed by atoms with van der Waals surface area (Å²) in [5.41, 5.74) is 0.525. The molecule has 4 saturated heterocycles. The maximum atomic E-state index is 16.8. The Morgan fingerprint density at radius 1 is 0.585 bits per heavy atom. The minimum absolute atomic E-state index is 0.128. The van der Waals surface area contributed by atoms with Crippen LogP contribution in [0.4, 0.5) is 4.39 Å². The number of carbonyl (C=O) groups is 3. The molecular weight excluding hydrogens is 695 g/mol. The van der Waals surface area contributed by atoms with Crippen LogP contribution in [-0.2, 0) is 47.4 Å². The monoisotopic (exact) mass is 736 g/mol. The van der Waals surface area contributed by atoms with E-state index in [1.54, 1.807) is 94.4 Å². The van der Waals surface area contributed by atoms with Crippen molar-refractivity contribution in [2.75, 3.05) is 13.2 Å². The lowest BCUT2D eigenvalue weighted by molar-refractivity contribution is -0.303. The number of benzene rings is 3. The standard InChI is InChI=1S/C39H41FO13/c1-38(2)50-29-26(47-37-32(31(29)51-38)52-39(3,4)53-37)21-45-36-27(40)30(49-35(43)24-18-12-7-13-19-24)28(48-34(42)23-16-10-6-11-17-23)25(46-36)20-44-33(41)22-14-8-5-9-15-22/h5-19,25-32,36-37H,20-21H2,1-4H3/t25-,26-,27-,28-,29+,30-,31+,32-,36-,37-/m1/s1. The van der Waals surface area contributed by atoms with Gasteiger partial charge in [-0.3, -0.25) is 0 Å². The first-order valence-electron chi connectivity index (χ1n) is 17.4. The fraction of sp³-hybridized carbons (Fsp3) is 0.462. The normalized spacial score (nSPS) is 32.5. The molecular formula is C39H41FO13. The van der Waals surface area contributed by atoms with Crippen molar-refractivity contribution in [3.05, 3.63) is 108 Å². The maximum Gasteiger partial charge on any atom is 0.338 e. The van der Waals surface area contributed by atoms with E-state index in [2.05, 4.69) is 0 Å². The van der Waals surface area contributed by atoms with E-state index in [9.17, 15) is 14.4 Å². The highest BCUT2D eigenvalue weighted by Gasteiger charge is 2.61. The third-order valence-electron chi connectivity index (χ3n) is 9.14. The number of halogens is 1. The summed E-state index contributed by atoms with van der Waals surface area (Å²) in [6.45, 7) is 6.20. The molecule has 7 rings (SSSR count). The van der Waals surface area contributed by atoms with Crippen molar-refractivity contribution < 1.29 is 66.1 Å². The van der Waals surface area contributed by atoms with Crippen molar-refractivity contribution in [1.29, 1.82) is 0 Å². The molecule has 4 aliphatic rings. The molecule has 3 aromatic rings. The highest BCUT2D eigenvalue weighted by Crippen LogP contribution is 2.44. The Morgan fingerprint density at radius 3 is 1.66 bits per heavy atom. The molecule has 0 N–H and O–H groups in total. The molecule has 282 valence electrons. The van der Waals surface area contributed by atoms with Gasteiger partial charge in [0, 0.05) is 0 Å². The van der Waals surface area contributed by atoms with Crippen LogP contribution in [0.5, 0.6) is 0 Å². The number of rotatable bonds is 10. The fourth-order valence-corrected chi connectivity index (χ4v) is 6.78. The topological polar surface area (TPSA) is 144 Å². The van der Waals surface area contributed by atoms with E-state index in [1.165, 1.54) is 24.3 Å². The zero-order chi connectivity index (χ0) is 37.3. The van der Waals surface area contributed by atoms with Crippen molar-refractivity contribution in [3.63, 3.8) is 0 Å². The molecule has 0 aliphatic carbocycles. The van der Waals surface area contributed by atoms with Gasteiger partial charge in [0.25, 0.3) is 0 Å². The van der Waals surface area contributed by atoms with Gasteiger partial charge >= 0.3 is 17.9 Å². The van der Waals surface area contributed by atoms with Crippen LogP contribution in [0.2, 0.25) is 0 Å². The van der Waals surface area contributed by atoms with Gasteiger partial charge in [-0.05, 0) is 64.1 Å².